The number of aromatic hydroxyl groups is 1. The standard InChI is InChI=1S/C13H13ClN4O5/c1-7(17-6-10(18(21)22)13(16-17)23-2)12(20)15-9-5-8(14)3-4-11(9)19/h3-7,19H,1-2H3,(H,15,20). The van der Waals surface area contributed by atoms with E-state index in [-0.39, 0.29) is 23.0 Å². The third kappa shape index (κ3) is 3.51. The fraction of sp³-hybridized carbons (Fsp3) is 0.231. The highest BCUT2D eigenvalue weighted by atomic mass is 35.5. The largest absolute Gasteiger partial charge is 0.506 e. The average molecular weight is 341 g/mol. The molecule has 23 heavy (non-hydrogen) atoms. The zero-order valence-electron chi connectivity index (χ0n) is 12.2. The molecule has 0 saturated carbocycles. The van der Waals surface area contributed by atoms with Crippen molar-refractivity contribution < 1.29 is 19.6 Å². The van der Waals surface area contributed by atoms with Crippen molar-refractivity contribution in [2.45, 2.75) is 13.0 Å². The number of aromatic nitrogens is 2. The third-order valence-corrected chi connectivity index (χ3v) is 3.30. The number of amides is 1. The normalized spacial score (nSPS) is 11.8. The average Bonchev–Trinajstić information content (AvgIpc) is 2.94. The maximum Gasteiger partial charge on any atom is 0.350 e. The number of nitrogens with one attached hydrogen (secondary N) is 1. The van der Waals surface area contributed by atoms with E-state index in [1.807, 2.05) is 0 Å². The smallest absolute Gasteiger partial charge is 0.350 e. The molecule has 1 heterocycles. The number of rotatable bonds is 5. The van der Waals surface area contributed by atoms with E-state index in [9.17, 15) is 20.0 Å². The van der Waals surface area contributed by atoms with Gasteiger partial charge in [0.15, 0.2) is 0 Å². The van der Waals surface area contributed by atoms with Gasteiger partial charge in [0, 0.05) is 5.02 Å². The molecular formula is C13H13ClN4O5. The van der Waals surface area contributed by atoms with E-state index in [0.717, 1.165) is 10.9 Å². The van der Waals surface area contributed by atoms with Crippen LogP contribution in [-0.4, -0.2) is 32.8 Å². The second-order valence-corrected chi connectivity index (χ2v) is 5.02. The van der Waals surface area contributed by atoms with Gasteiger partial charge < -0.3 is 15.2 Å². The molecule has 0 bridgehead atoms. The summed E-state index contributed by atoms with van der Waals surface area (Å²) >= 11 is 5.80. The minimum atomic E-state index is -0.879. The molecule has 2 rings (SSSR count). The SMILES string of the molecule is COc1nn(C(C)C(=O)Nc2cc(Cl)ccc2O)cc1[N+](=O)[O-]. The molecule has 0 aliphatic heterocycles. The molecule has 0 spiro atoms. The second-order valence-electron chi connectivity index (χ2n) is 4.59. The number of methoxy groups -OCH3 is 1. The van der Waals surface area contributed by atoms with E-state index in [1.165, 1.54) is 32.2 Å². The molecule has 1 unspecified atom stereocenters. The van der Waals surface area contributed by atoms with Crippen molar-refractivity contribution >= 4 is 28.9 Å². The Labute approximate surface area is 135 Å². The van der Waals surface area contributed by atoms with Gasteiger partial charge in [0.2, 0.25) is 5.91 Å². The maximum atomic E-state index is 12.2. The molecule has 2 N–H and O–H groups in total. The van der Waals surface area contributed by atoms with E-state index >= 15 is 0 Å². The summed E-state index contributed by atoms with van der Waals surface area (Å²) in [5.74, 6) is -0.887. The fourth-order valence-electron chi connectivity index (χ4n) is 1.80. The summed E-state index contributed by atoms with van der Waals surface area (Å²) < 4.78 is 5.91. The monoisotopic (exact) mass is 340 g/mol. The predicted octanol–water partition coefficient (Wildman–Crippen LogP) is 2.36. The number of carbonyl (C=O) groups is 1. The van der Waals surface area contributed by atoms with Crippen molar-refractivity contribution in [3.8, 4) is 11.6 Å². The van der Waals surface area contributed by atoms with Crippen LogP contribution in [0.2, 0.25) is 5.02 Å². The first-order chi connectivity index (χ1) is 10.8. The number of nitro groups is 1. The van der Waals surface area contributed by atoms with Gasteiger partial charge in [0.25, 0.3) is 0 Å². The molecule has 0 saturated heterocycles. The minimum Gasteiger partial charge on any atom is -0.506 e. The van der Waals surface area contributed by atoms with E-state index in [4.69, 9.17) is 16.3 Å². The van der Waals surface area contributed by atoms with Gasteiger partial charge in [-0.2, -0.15) is 0 Å². The fourth-order valence-corrected chi connectivity index (χ4v) is 1.97. The Bertz CT molecular complexity index is 761. The lowest BCUT2D eigenvalue weighted by Gasteiger charge is -2.13. The van der Waals surface area contributed by atoms with Crippen LogP contribution in [0.15, 0.2) is 24.4 Å². The van der Waals surface area contributed by atoms with Gasteiger partial charge in [-0.05, 0) is 25.1 Å². The van der Waals surface area contributed by atoms with Crippen LogP contribution in [0, 0.1) is 10.1 Å². The lowest BCUT2D eigenvalue weighted by atomic mass is 10.2. The van der Waals surface area contributed by atoms with E-state index in [2.05, 4.69) is 10.4 Å². The van der Waals surface area contributed by atoms with E-state index in [0.29, 0.717) is 5.02 Å². The molecule has 0 aliphatic carbocycles. The lowest BCUT2D eigenvalue weighted by molar-refractivity contribution is -0.385. The summed E-state index contributed by atoms with van der Waals surface area (Å²) in [6.45, 7) is 1.49. The molecule has 1 aromatic heterocycles. The summed E-state index contributed by atoms with van der Waals surface area (Å²) in [6, 6.07) is 3.31. The van der Waals surface area contributed by atoms with Crippen LogP contribution in [0.4, 0.5) is 11.4 Å². The Morgan fingerprint density at radius 2 is 2.26 bits per heavy atom. The summed E-state index contributed by atoms with van der Waals surface area (Å²) in [5, 5.41) is 27.2. The number of carbonyl (C=O) groups excluding carboxylic acids is 1. The highest BCUT2D eigenvalue weighted by molar-refractivity contribution is 6.31. The predicted molar refractivity (Wildman–Crippen MR) is 81.9 cm³/mol. The molecule has 1 atom stereocenters. The number of halogens is 1. The number of hydrogen-bond acceptors (Lipinski definition) is 6. The molecule has 2 aromatic rings. The highest BCUT2D eigenvalue weighted by Gasteiger charge is 2.25. The van der Waals surface area contributed by atoms with Gasteiger partial charge in [-0.25, -0.2) is 4.68 Å². The van der Waals surface area contributed by atoms with Crippen LogP contribution in [0.5, 0.6) is 11.6 Å². The number of hydrogen-bond donors (Lipinski definition) is 2. The van der Waals surface area contributed by atoms with Crippen molar-refractivity contribution in [2.24, 2.45) is 0 Å². The number of benzene rings is 1. The van der Waals surface area contributed by atoms with Crippen LogP contribution in [0.25, 0.3) is 0 Å². The summed E-state index contributed by atoms with van der Waals surface area (Å²) in [7, 11) is 1.24. The lowest BCUT2D eigenvalue weighted by Crippen LogP contribution is -2.24. The van der Waals surface area contributed by atoms with Gasteiger partial charge in [0.1, 0.15) is 18.0 Å². The molecule has 10 heteroatoms. The van der Waals surface area contributed by atoms with Crippen LogP contribution >= 0.6 is 11.6 Å². The zero-order chi connectivity index (χ0) is 17.1. The van der Waals surface area contributed by atoms with Crippen molar-refractivity contribution in [3.05, 3.63) is 39.5 Å². The highest BCUT2D eigenvalue weighted by Crippen LogP contribution is 2.29. The third-order valence-electron chi connectivity index (χ3n) is 3.06. The Balaban J connectivity index is 2.23. The topological polar surface area (TPSA) is 120 Å². The molecule has 0 fully saturated rings. The van der Waals surface area contributed by atoms with Crippen molar-refractivity contribution in [1.29, 1.82) is 0 Å². The minimum absolute atomic E-state index is 0.128. The van der Waals surface area contributed by atoms with Crippen LogP contribution in [0.3, 0.4) is 0 Å². The number of nitrogens with zero attached hydrogens (tertiary/aromatic N) is 3. The van der Waals surface area contributed by atoms with Crippen molar-refractivity contribution in [1.82, 2.24) is 9.78 Å². The summed E-state index contributed by atoms with van der Waals surface area (Å²) in [6.07, 6.45) is 1.10. The number of ether oxygens (including phenoxy) is 1. The van der Waals surface area contributed by atoms with Crippen molar-refractivity contribution in [2.75, 3.05) is 12.4 Å². The van der Waals surface area contributed by atoms with Crippen LogP contribution in [0.1, 0.15) is 13.0 Å². The first kappa shape index (κ1) is 16.6. The van der Waals surface area contributed by atoms with E-state index < -0.39 is 16.9 Å². The van der Waals surface area contributed by atoms with Gasteiger partial charge in [-0.1, -0.05) is 11.6 Å². The zero-order valence-corrected chi connectivity index (χ0v) is 12.9. The Kier molecular flexibility index (Phi) is 4.70. The molecule has 122 valence electrons. The molecule has 1 amide bonds. The first-order valence-electron chi connectivity index (χ1n) is 6.40. The van der Waals surface area contributed by atoms with Gasteiger partial charge in [-0.15, -0.1) is 5.10 Å². The quantitative estimate of drug-likeness (QED) is 0.490. The summed E-state index contributed by atoms with van der Waals surface area (Å²) in [5.41, 5.74) is -0.222. The van der Waals surface area contributed by atoms with Gasteiger partial charge >= 0.3 is 11.6 Å². The van der Waals surface area contributed by atoms with E-state index in [1.54, 1.807) is 0 Å². The molecular weight excluding hydrogens is 328 g/mol. The Hall–Kier alpha value is -2.81. The Morgan fingerprint density at radius 3 is 2.83 bits per heavy atom. The van der Waals surface area contributed by atoms with Crippen LogP contribution in [-0.2, 0) is 4.79 Å². The van der Waals surface area contributed by atoms with Crippen molar-refractivity contribution in [3.63, 3.8) is 0 Å². The molecule has 9 nitrogen and oxygen atoms in total. The number of phenolic OH excluding ortho intramolecular Hbond substituents is 1. The maximum absolute atomic E-state index is 12.2. The summed E-state index contributed by atoms with van der Waals surface area (Å²) in [4.78, 5) is 22.4. The second kappa shape index (κ2) is 6.53. The molecule has 1 aromatic carbocycles. The molecule has 0 aliphatic rings. The van der Waals surface area contributed by atoms with Crippen LogP contribution < -0.4 is 10.1 Å². The first-order valence-corrected chi connectivity index (χ1v) is 6.78. The Morgan fingerprint density at radius 1 is 1.57 bits per heavy atom. The molecule has 0 radical (unpaired) electrons. The van der Waals surface area contributed by atoms with Gasteiger partial charge in [-0.3, -0.25) is 14.9 Å². The van der Waals surface area contributed by atoms with Gasteiger partial charge in [0.05, 0.1) is 17.7 Å². The number of anilines is 1. The number of phenols is 1.